The van der Waals surface area contributed by atoms with Crippen molar-refractivity contribution in [1.29, 1.82) is 0 Å². The summed E-state index contributed by atoms with van der Waals surface area (Å²) in [5.74, 6) is -0.266. The van der Waals surface area contributed by atoms with Crippen LogP contribution in [0.5, 0.6) is 11.5 Å². The average Bonchev–Trinajstić information content (AvgIpc) is 2.95. The number of hydrogen-bond donors (Lipinski definition) is 1. The minimum absolute atomic E-state index is 0.108. The number of ether oxygens (including phenoxy) is 3. The number of aliphatic hydroxyl groups is 1. The summed E-state index contributed by atoms with van der Waals surface area (Å²) in [6, 6.07) is 16.7. The molecule has 0 saturated carbocycles. The summed E-state index contributed by atoms with van der Waals surface area (Å²) in [6.07, 6.45) is 2.25. The Bertz CT molecular complexity index is 1160. The predicted octanol–water partition coefficient (Wildman–Crippen LogP) is 5.18. The quantitative estimate of drug-likeness (QED) is 0.291. The highest BCUT2D eigenvalue weighted by atomic mass is 19.1. The predicted molar refractivity (Wildman–Crippen MR) is 139 cm³/mol. The Morgan fingerprint density at radius 2 is 1.50 bits per heavy atom. The first-order valence-corrected chi connectivity index (χ1v) is 12.7. The van der Waals surface area contributed by atoms with Gasteiger partial charge in [-0.05, 0) is 91.9 Å². The number of benzene rings is 3. The standard InChI is InChI=1S/C30H33F2NO5/c1-36-28-20-21(29(34)37-2)4-13-27(28)38-19-3-16-33-17-14-24(15-18-33)30(35,22-5-9-25(31)10-6-22)23-7-11-26(32)12-8-23/h4-13,20,24,35H,3,14-19H2,1-2H3. The number of piperidine rings is 1. The highest BCUT2D eigenvalue weighted by Crippen LogP contribution is 2.42. The van der Waals surface area contributed by atoms with Crippen molar-refractivity contribution < 1.29 is 32.9 Å². The molecule has 1 heterocycles. The van der Waals surface area contributed by atoms with Gasteiger partial charge >= 0.3 is 5.97 Å². The second-order valence-electron chi connectivity index (χ2n) is 9.46. The van der Waals surface area contributed by atoms with Gasteiger partial charge in [0.1, 0.15) is 17.2 Å². The molecule has 6 nitrogen and oxygen atoms in total. The smallest absolute Gasteiger partial charge is 0.337 e. The van der Waals surface area contributed by atoms with E-state index in [9.17, 15) is 18.7 Å². The van der Waals surface area contributed by atoms with E-state index in [2.05, 4.69) is 4.90 Å². The molecule has 0 aromatic heterocycles. The summed E-state index contributed by atoms with van der Waals surface area (Å²) in [6.45, 7) is 2.86. The van der Waals surface area contributed by atoms with Crippen molar-refractivity contribution in [3.8, 4) is 11.5 Å². The maximum absolute atomic E-state index is 13.6. The van der Waals surface area contributed by atoms with Gasteiger partial charge in [-0.1, -0.05) is 24.3 Å². The van der Waals surface area contributed by atoms with E-state index in [0.717, 1.165) is 38.9 Å². The zero-order valence-corrected chi connectivity index (χ0v) is 21.7. The molecule has 0 bridgehead atoms. The van der Waals surface area contributed by atoms with Crippen LogP contribution in [0.4, 0.5) is 8.78 Å². The van der Waals surface area contributed by atoms with Gasteiger partial charge < -0.3 is 24.2 Å². The minimum Gasteiger partial charge on any atom is -0.493 e. The van der Waals surface area contributed by atoms with Crippen LogP contribution in [-0.4, -0.2) is 56.4 Å². The van der Waals surface area contributed by atoms with Crippen molar-refractivity contribution in [1.82, 2.24) is 4.90 Å². The summed E-state index contributed by atoms with van der Waals surface area (Å²) < 4.78 is 43.2. The molecule has 1 aliphatic rings. The molecule has 202 valence electrons. The van der Waals surface area contributed by atoms with Crippen LogP contribution >= 0.6 is 0 Å². The van der Waals surface area contributed by atoms with Gasteiger partial charge in [-0.25, -0.2) is 13.6 Å². The molecular weight excluding hydrogens is 492 g/mol. The third-order valence-corrected chi connectivity index (χ3v) is 7.21. The molecule has 3 aromatic rings. The van der Waals surface area contributed by atoms with Crippen LogP contribution in [0.2, 0.25) is 0 Å². The number of halogens is 2. The second kappa shape index (κ2) is 12.4. The third-order valence-electron chi connectivity index (χ3n) is 7.21. The fourth-order valence-electron chi connectivity index (χ4n) is 5.12. The molecular formula is C30H33F2NO5. The number of nitrogens with zero attached hydrogens (tertiary/aromatic N) is 1. The number of hydrogen-bond acceptors (Lipinski definition) is 6. The fourth-order valence-corrected chi connectivity index (χ4v) is 5.12. The lowest BCUT2D eigenvalue weighted by Crippen LogP contribution is -2.44. The molecule has 8 heteroatoms. The molecule has 1 N–H and O–H groups in total. The van der Waals surface area contributed by atoms with Crippen molar-refractivity contribution in [3.63, 3.8) is 0 Å². The first kappa shape index (κ1) is 27.5. The van der Waals surface area contributed by atoms with Crippen LogP contribution in [0.1, 0.15) is 40.7 Å². The Hall–Kier alpha value is -3.49. The number of carbonyl (C=O) groups is 1. The third kappa shape index (κ3) is 6.14. The minimum atomic E-state index is -1.34. The summed E-state index contributed by atoms with van der Waals surface area (Å²) in [4.78, 5) is 14.1. The van der Waals surface area contributed by atoms with Crippen molar-refractivity contribution in [2.45, 2.75) is 24.9 Å². The maximum atomic E-state index is 13.6. The van der Waals surface area contributed by atoms with Gasteiger partial charge in [-0.3, -0.25) is 0 Å². The molecule has 38 heavy (non-hydrogen) atoms. The van der Waals surface area contributed by atoms with Crippen LogP contribution in [0.25, 0.3) is 0 Å². The van der Waals surface area contributed by atoms with E-state index < -0.39 is 11.6 Å². The lowest BCUT2D eigenvalue weighted by molar-refractivity contribution is -0.0147. The number of rotatable bonds is 10. The average molecular weight is 526 g/mol. The Balaban J connectivity index is 1.34. The van der Waals surface area contributed by atoms with E-state index in [1.807, 2.05) is 0 Å². The van der Waals surface area contributed by atoms with Gasteiger partial charge in [-0.15, -0.1) is 0 Å². The van der Waals surface area contributed by atoms with Crippen LogP contribution in [0, 0.1) is 17.6 Å². The summed E-state index contributed by atoms with van der Waals surface area (Å²) >= 11 is 0. The number of methoxy groups -OCH3 is 2. The molecule has 0 spiro atoms. The molecule has 0 unspecified atom stereocenters. The van der Waals surface area contributed by atoms with Gasteiger partial charge in [0.25, 0.3) is 0 Å². The van der Waals surface area contributed by atoms with Crippen LogP contribution in [-0.2, 0) is 10.3 Å². The molecule has 1 aliphatic heterocycles. The van der Waals surface area contributed by atoms with Crippen LogP contribution in [0.3, 0.4) is 0 Å². The fraction of sp³-hybridized carbons (Fsp3) is 0.367. The normalized spacial score (nSPS) is 14.8. The monoisotopic (exact) mass is 525 g/mol. The van der Waals surface area contributed by atoms with Gasteiger partial charge in [0.05, 0.1) is 26.4 Å². The van der Waals surface area contributed by atoms with E-state index >= 15 is 0 Å². The molecule has 0 radical (unpaired) electrons. The molecule has 3 aromatic carbocycles. The highest BCUT2D eigenvalue weighted by Gasteiger charge is 2.41. The van der Waals surface area contributed by atoms with Gasteiger partial charge in [0.15, 0.2) is 11.5 Å². The van der Waals surface area contributed by atoms with Crippen molar-refractivity contribution in [3.05, 3.63) is 95.1 Å². The van der Waals surface area contributed by atoms with Crippen LogP contribution in [0.15, 0.2) is 66.7 Å². The SMILES string of the molecule is COC(=O)c1ccc(OCCCN2CCC(C(O)(c3ccc(F)cc3)c3ccc(F)cc3)CC2)c(OC)c1. The highest BCUT2D eigenvalue weighted by molar-refractivity contribution is 5.90. The first-order chi connectivity index (χ1) is 18.3. The second-order valence-corrected chi connectivity index (χ2v) is 9.46. The van der Waals surface area contributed by atoms with E-state index in [4.69, 9.17) is 14.2 Å². The van der Waals surface area contributed by atoms with Crippen molar-refractivity contribution in [2.24, 2.45) is 5.92 Å². The Morgan fingerprint density at radius 3 is 2.03 bits per heavy atom. The first-order valence-electron chi connectivity index (χ1n) is 12.7. The molecule has 0 aliphatic carbocycles. The summed E-state index contributed by atoms with van der Waals surface area (Å²) in [7, 11) is 2.85. The Morgan fingerprint density at radius 1 is 0.921 bits per heavy atom. The largest absolute Gasteiger partial charge is 0.493 e. The molecule has 1 fully saturated rings. The van der Waals surface area contributed by atoms with Crippen molar-refractivity contribution in [2.75, 3.05) is 40.5 Å². The number of carbonyl (C=O) groups excluding carboxylic acids is 1. The van der Waals surface area contributed by atoms with E-state index in [1.54, 1.807) is 42.5 Å². The molecule has 0 atom stereocenters. The maximum Gasteiger partial charge on any atom is 0.337 e. The summed E-state index contributed by atoms with van der Waals surface area (Å²) in [5.41, 5.74) is 0.249. The zero-order chi connectivity index (χ0) is 27.1. The Kier molecular flexibility index (Phi) is 8.97. The van der Waals surface area contributed by atoms with E-state index in [0.29, 0.717) is 34.8 Å². The Labute approximate surface area is 221 Å². The topological polar surface area (TPSA) is 68.2 Å². The molecule has 4 rings (SSSR count). The van der Waals surface area contributed by atoms with Gasteiger partial charge in [0, 0.05) is 6.54 Å². The van der Waals surface area contributed by atoms with Crippen LogP contribution < -0.4 is 9.47 Å². The van der Waals surface area contributed by atoms with Gasteiger partial charge in [-0.2, -0.15) is 0 Å². The molecule has 0 amide bonds. The van der Waals surface area contributed by atoms with E-state index in [-0.39, 0.29) is 17.6 Å². The summed E-state index contributed by atoms with van der Waals surface area (Å²) in [5, 5.41) is 12.0. The lowest BCUT2D eigenvalue weighted by atomic mass is 9.72. The van der Waals surface area contributed by atoms with Gasteiger partial charge in [0.2, 0.25) is 0 Å². The number of esters is 1. The molecule has 1 saturated heterocycles. The zero-order valence-electron chi connectivity index (χ0n) is 21.7. The van der Waals surface area contributed by atoms with Crippen molar-refractivity contribution >= 4 is 5.97 Å². The number of likely N-dealkylation sites (tertiary alicyclic amines) is 1. The van der Waals surface area contributed by atoms with E-state index in [1.165, 1.54) is 38.5 Å². The lowest BCUT2D eigenvalue weighted by Gasteiger charge is -2.42.